The lowest BCUT2D eigenvalue weighted by molar-refractivity contribution is -0.277. The summed E-state index contributed by atoms with van der Waals surface area (Å²) in [5, 5.41) is 48.8. The Morgan fingerprint density at radius 3 is 2.40 bits per heavy atom. The molecule has 1 heterocycles. The Hall–Kier alpha value is -2.11. The summed E-state index contributed by atoms with van der Waals surface area (Å²) in [6, 6.07) is 2.30. The molecule has 1 saturated heterocycles. The quantitative estimate of drug-likeness (QED) is 0.386. The molecule has 0 amide bonds. The van der Waals surface area contributed by atoms with E-state index in [1.807, 2.05) is 0 Å². The molecule has 1 aromatic carbocycles. The number of carbonyl (C=O) groups excluding carboxylic acids is 1. The first kappa shape index (κ1) is 19.2. The summed E-state index contributed by atoms with van der Waals surface area (Å²) in [5.41, 5.74) is -0.00185. The average molecular weight is 360 g/mol. The zero-order valence-electron chi connectivity index (χ0n) is 13.5. The normalized spacial score (nSPS) is 29.1. The zero-order chi connectivity index (χ0) is 18.7. The second kappa shape index (κ2) is 7.85. The van der Waals surface area contributed by atoms with E-state index in [1.54, 1.807) is 0 Å². The highest BCUT2D eigenvalue weighted by Crippen LogP contribution is 2.40. The number of methoxy groups -OCH3 is 2. The van der Waals surface area contributed by atoms with E-state index in [-0.39, 0.29) is 17.1 Å². The molecule has 1 aliphatic heterocycles. The van der Waals surface area contributed by atoms with Gasteiger partial charge in [0.25, 0.3) is 0 Å². The van der Waals surface area contributed by atoms with Crippen LogP contribution in [0.1, 0.15) is 10.4 Å². The van der Waals surface area contributed by atoms with Gasteiger partial charge in [0.05, 0.1) is 26.4 Å². The third-order valence-electron chi connectivity index (χ3n) is 3.76. The molecule has 0 aliphatic carbocycles. The van der Waals surface area contributed by atoms with Gasteiger partial charge in [0.2, 0.25) is 12.0 Å². The van der Waals surface area contributed by atoms with Gasteiger partial charge in [-0.05, 0) is 12.1 Å². The Labute approximate surface area is 142 Å². The highest BCUT2D eigenvalue weighted by atomic mass is 16.7. The van der Waals surface area contributed by atoms with Crippen molar-refractivity contribution in [1.29, 1.82) is 0 Å². The molecule has 1 fully saturated rings. The van der Waals surface area contributed by atoms with E-state index in [9.17, 15) is 30.3 Å². The Balaban J connectivity index is 2.31. The van der Waals surface area contributed by atoms with Gasteiger partial charge in [0, 0.05) is 0 Å². The monoisotopic (exact) mass is 360 g/mol. The van der Waals surface area contributed by atoms with E-state index in [4.69, 9.17) is 14.2 Å². The fraction of sp³-hybridized carbons (Fsp3) is 0.533. The Morgan fingerprint density at radius 1 is 1.16 bits per heavy atom. The minimum absolute atomic E-state index is 0.00185. The summed E-state index contributed by atoms with van der Waals surface area (Å²) in [6.07, 6.45) is -7.54. The molecule has 5 atom stereocenters. The number of benzene rings is 1. The number of esters is 1. The second-order valence-electron chi connectivity index (χ2n) is 5.33. The molecule has 0 unspecified atom stereocenters. The van der Waals surface area contributed by atoms with Crippen LogP contribution in [0.5, 0.6) is 17.2 Å². The van der Waals surface area contributed by atoms with Crippen molar-refractivity contribution in [2.75, 3.05) is 20.8 Å². The minimum Gasteiger partial charge on any atom is -0.504 e. The minimum atomic E-state index is -1.66. The van der Waals surface area contributed by atoms with Crippen LogP contribution < -0.4 is 9.47 Å². The van der Waals surface area contributed by atoms with Gasteiger partial charge in [-0.3, -0.25) is 0 Å². The van der Waals surface area contributed by atoms with Gasteiger partial charge >= 0.3 is 5.97 Å². The van der Waals surface area contributed by atoms with Crippen molar-refractivity contribution >= 4 is 5.97 Å². The van der Waals surface area contributed by atoms with Gasteiger partial charge in [0.15, 0.2) is 11.5 Å². The predicted octanol–water partition coefficient (Wildman–Crippen LogP) is -1.63. The topological polar surface area (TPSA) is 155 Å². The molecule has 5 N–H and O–H groups in total. The number of carbonyl (C=O) groups is 1. The number of ether oxygens (including phenoxy) is 4. The number of phenolic OH excluding ortho intramolecular Hbond substituents is 1. The van der Waals surface area contributed by atoms with E-state index < -0.39 is 49.0 Å². The number of hydrogen-bond acceptors (Lipinski definition) is 10. The van der Waals surface area contributed by atoms with Gasteiger partial charge in [-0.15, -0.1) is 0 Å². The maximum absolute atomic E-state index is 11.6. The van der Waals surface area contributed by atoms with Crippen LogP contribution in [0.2, 0.25) is 0 Å². The van der Waals surface area contributed by atoms with Crippen LogP contribution in [0.4, 0.5) is 0 Å². The smallest absolute Gasteiger partial charge is 0.338 e. The number of aliphatic hydroxyl groups excluding tert-OH is 4. The van der Waals surface area contributed by atoms with Gasteiger partial charge < -0.3 is 44.5 Å². The van der Waals surface area contributed by atoms with Crippen LogP contribution in [0, 0.1) is 0 Å². The molecule has 0 aromatic heterocycles. The molecule has 10 nitrogen and oxygen atoms in total. The van der Waals surface area contributed by atoms with Crippen molar-refractivity contribution in [3.63, 3.8) is 0 Å². The van der Waals surface area contributed by atoms with Crippen molar-refractivity contribution in [3.05, 3.63) is 17.7 Å². The van der Waals surface area contributed by atoms with Crippen LogP contribution >= 0.6 is 0 Å². The van der Waals surface area contributed by atoms with E-state index in [1.165, 1.54) is 20.3 Å². The largest absolute Gasteiger partial charge is 0.504 e. The second-order valence-corrected chi connectivity index (χ2v) is 5.33. The van der Waals surface area contributed by atoms with Crippen LogP contribution in [-0.2, 0) is 9.47 Å². The van der Waals surface area contributed by atoms with Crippen LogP contribution in [0.3, 0.4) is 0 Å². The number of hydrogen-bond donors (Lipinski definition) is 5. The number of phenols is 1. The van der Waals surface area contributed by atoms with Crippen LogP contribution in [0.25, 0.3) is 0 Å². The van der Waals surface area contributed by atoms with Crippen molar-refractivity contribution in [2.45, 2.75) is 30.7 Å². The van der Waals surface area contributed by atoms with Crippen LogP contribution in [0.15, 0.2) is 12.1 Å². The molecule has 0 saturated carbocycles. The summed E-state index contributed by atoms with van der Waals surface area (Å²) < 4.78 is 20.2. The molecule has 0 radical (unpaired) electrons. The summed E-state index contributed by atoms with van der Waals surface area (Å²) in [6.45, 7) is -0.630. The molecule has 1 aromatic rings. The van der Waals surface area contributed by atoms with Crippen molar-refractivity contribution in [3.8, 4) is 17.2 Å². The number of aromatic hydroxyl groups is 1. The first-order chi connectivity index (χ1) is 11.8. The standard InChI is InChI=1S/C15H20O10/c1-22-8-4-6(14(21)23-2)3-7(17)13(8)25-15-12(20)11(19)10(18)9(5-16)24-15/h3-4,9-12,15-20H,5H2,1-2H3/t9-,10-,11+,12-,15+/m1/s1. The molecule has 25 heavy (non-hydrogen) atoms. The Kier molecular flexibility index (Phi) is 6.03. The lowest BCUT2D eigenvalue weighted by Gasteiger charge is -2.39. The first-order valence-electron chi connectivity index (χ1n) is 7.30. The van der Waals surface area contributed by atoms with Crippen LogP contribution in [-0.4, -0.2) is 83.0 Å². The fourth-order valence-corrected chi connectivity index (χ4v) is 2.37. The van der Waals surface area contributed by atoms with E-state index in [0.717, 1.165) is 6.07 Å². The number of aliphatic hydroxyl groups is 4. The lowest BCUT2D eigenvalue weighted by Crippen LogP contribution is -2.60. The maximum atomic E-state index is 11.6. The Bertz CT molecular complexity index is 617. The Morgan fingerprint density at radius 2 is 1.84 bits per heavy atom. The molecule has 0 spiro atoms. The third-order valence-corrected chi connectivity index (χ3v) is 3.76. The highest BCUT2D eigenvalue weighted by molar-refractivity contribution is 5.91. The lowest BCUT2D eigenvalue weighted by atomic mass is 9.99. The van der Waals surface area contributed by atoms with Crippen molar-refractivity contribution in [1.82, 2.24) is 0 Å². The van der Waals surface area contributed by atoms with Gasteiger partial charge in [-0.25, -0.2) is 4.79 Å². The zero-order valence-corrected chi connectivity index (χ0v) is 13.5. The fourth-order valence-electron chi connectivity index (χ4n) is 2.37. The summed E-state index contributed by atoms with van der Waals surface area (Å²) in [7, 11) is 2.43. The summed E-state index contributed by atoms with van der Waals surface area (Å²) in [5.74, 6) is -1.54. The van der Waals surface area contributed by atoms with E-state index in [2.05, 4.69) is 4.74 Å². The molecular weight excluding hydrogens is 340 g/mol. The molecule has 2 rings (SSSR count). The van der Waals surface area contributed by atoms with Gasteiger partial charge in [-0.1, -0.05) is 0 Å². The third kappa shape index (κ3) is 3.78. The summed E-state index contributed by atoms with van der Waals surface area (Å²) in [4.78, 5) is 11.6. The number of rotatable bonds is 5. The average Bonchev–Trinajstić information content (AvgIpc) is 2.62. The SMILES string of the molecule is COC(=O)c1cc(O)c(O[C@@H]2O[C@H](CO)[C@@H](O)[C@H](O)[C@H]2O)c(OC)c1. The first-order valence-corrected chi connectivity index (χ1v) is 7.30. The highest BCUT2D eigenvalue weighted by Gasteiger charge is 2.45. The van der Waals surface area contributed by atoms with Gasteiger partial charge in [-0.2, -0.15) is 0 Å². The predicted molar refractivity (Wildman–Crippen MR) is 80.4 cm³/mol. The molecular formula is C15H20O10. The van der Waals surface area contributed by atoms with Gasteiger partial charge in [0.1, 0.15) is 24.4 Å². The summed E-state index contributed by atoms with van der Waals surface area (Å²) >= 11 is 0. The molecule has 10 heteroatoms. The van der Waals surface area contributed by atoms with E-state index in [0.29, 0.717) is 0 Å². The molecule has 0 bridgehead atoms. The maximum Gasteiger partial charge on any atom is 0.338 e. The molecule has 140 valence electrons. The van der Waals surface area contributed by atoms with E-state index >= 15 is 0 Å². The molecule has 1 aliphatic rings. The van der Waals surface area contributed by atoms with Crippen molar-refractivity contribution < 1.29 is 49.3 Å². The van der Waals surface area contributed by atoms with Crippen molar-refractivity contribution in [2.24, 2.45) is 0 Å².